The molecule has 0 bridgehead atoms. The molecule has 0 aliphatic carbocycles. The first-order valence-corrected chi connectivity index (χ1v) is 11.2. The van der Waals surface area contributed by atoms with Crippen LogP contribution in [0.4, 0.5) is 17.2 Å². The Kier molecular flexibility index (Phi) is 8.07. The molecular weight excluding hydrogens is 418 g/mol. The molecule has 8 nitrogen and oxygen atoms in total. The third-order valence-electron chi connectivity index (χ3n) is 5.44. The Labute approximate surface area is 193 Å². The number of benzene rings is 2. The molecule has 0 aliphatic rings. The maximum absolute atomic E-state index is 13.0. The first-order chi connectivity index (χ1) is 15.9. The summed E-state index contributed by atoms with van der Waals surface area (Å²) < 4.78 is 1.36. The van der Waals surface area contributed by atoms with E-state index in [1.54, 1.807) is 4.90 Å². The zero-order valence-corrected chi connectivity index (χ0v) is 19.1. The van der Waals surface area contributed by atoms with Crippen molar-refractivity contribution in [2.75, 3.05) is 22.5 Å². The number of aromatic nitrogens is 2. The number of amides is 1. The van der Waals surface area contributed by atoms with Crippen molar-refractivity contribution < 1.29 is 4.79 Å². The molecule has 0 atom stereocenters. The van der Waals surface area contributed by atoms with Gasteiger partial charge in [0.2, 0.25) is 5.91 Å². The number of H-pyrrole nitrogens is 1. The highest BCUT2D eigenvalue weighted by Gasteiger charge is 2.21. The van der Waals surface area contributed by atoms with Gasteiger partial charge in [-0.15, -0.1) is 0 Å². The maximum Gasteiger partial charge on any atom is 0.330 e. The number of hydrogen-bond donors (Lipinski definition) is 3. The molecule has 8 heteroatoms. The van der Waals surface area contributed by atoms with Gasteiger partial charge in [-0.05, 0) is 36.1 Å². The molecule has 0 saturated carbocycles. The standard InChI is InChI=1S/C25H31N5O3/c1-3-5-14-30-23(26)22(24(32)28-25(30)33)29(16-19-10-7-6-8-11-19)17-21(31)27-20-13-9-12-18(4-2)15-20/h6-13,15H,3-5,14,16-17,26H2,1-2H3,(H,27,31)(H,28,32,33). The lowest BCUT2D eigenvalue weighted by Crippen LogP contribution is -2.41. The predicted molar refractivity (Wildman–Crippen MR) is 133 cm³/mol. The molecule has 0 saturated heterocycles. The fourth-order valence-corrected chi connectivity index (χ4v) is 3.68. The average Bonchev–Trinajstić information content (AvgIpc) is 2.79. The number of unbranched alkanes of at least 4 members (excludes halogenated alkanes) is 1. The minimum Gasteiger partial charge on any atom is -0.383 e. The fourth-order valence-electron chi connectivity index (χ4n) is 3.68. The SMILES string of the molecule is CCCCn1c(N)c(N(CC(=O)Nc2cccc(CC)c2)Cc2ccccc2)c(=O)[nH]c1=O. The number of carbonyl (C=O) groups is 1. The quantitative estimate of drug-likeness (QED) is 0.440. The number of rotatable bonds is 10. The Hall–Kier alpha value is -3.81. The monoisotopic (exact) mass is 449 g/mol. The Morgan fingerprint density at radius 2 is 1.79 bits per heavy atom. The minimum absolute atomic E-state index is 0.0638. The molecule has 33 heavy (non-hydrogen) atoms. The summed E-state index contributed by atoms with van der Waals surface area (Å²) in [5.74, 6) is -0.224. The normalized spacial score (nSPS) is 10.7. The summed E-state index contributed by atoms with van der Waals surface area (Å²) in [5.41, 5.74) is 7.98. The van der Waals surface area contributed by atoms with E-state index in [2.05, 4.69) is 10.3 Å². The first-order valence-electron chi connectivity index (χ1n) is 11.2. The molecule has 0 unspecified atom stereocenters. The molecule has 0 fully saturated rings. The van der Waals surface area contributed by atoms with Crippen LogP contribution in [0, 0.1) is 0 Å². The fraction of sp³-hybridized carbons (Fsp3) is 0.320. The zero-order chi connectivity index (χ0) is 23.8. The van der Waals surface area contributed by atoms with Crippen LogP contribution < -0.4 is 27.2 Å². The van der Waals surface area contributed by atoms with Crippen LogP contribution in [0.3, 0.4) is 0 Å². The van der Waals surface area contributed by atoms with Crippen molar-refractivity contribution in [3.8, 4) is 0 Å². The highest BCUT2D eigenvalue weighted by molar-refractivity contribution is 5.94. The number of aryl methyl sites for hydroxylation is 1. The van der Waals surface area contributed by atoms with Gasteiger partial charge < -0.3 is 16.0 Å². The second-order valence-electron chi connectivity index (χ2n) is 7.94. The van der Waals surface area contributed by atoms with Crippen LogP contribution in [-0.4, -0.2) is 22.0 Å². The van der Waals surface area contributed by atoms with Crippen molar-refractivity contribution in [2.45, 2.75) is 46.2 Å². The van der Waals surface area contributed by atoms with Gasteiger partial charge in [0.05, 0.1) is 6.54 Å². The smallest absolute Gasteiger partial charge is 0.330 e. The van der Waals surface area contributed by atoms with Gasteiger partial charge >= 0.3 is 5.69 Å². The van der Waals surface area contributed by atoms with E-state index in [1.807, 2.05) is 68.4 Å². The van der Waals surface area contributed by atoms with Crippen LogP contribution in [0.25, 0.3) is 0 Å². The topological polar surface area (TPSA) is 113 Å². The number of anilines is 3. The Morgan fingerprint density at radius 3 is 2.48 bits per heavy atom. The Morgan fingerprint density at radius 1 is 1.06 bits per heavy atom. The van der Waals surface area contributed by atoms with Crippen molar-refractivity contribution in [3.05, 3.63) is 86.6 Å². The van der Waals surface area contributed by atoms with Crippen molar-refractivity contribution in [1.82, 2.24) is 9.55 Å². The van der Waals surface area contributed by atoms with Crippen molar-refractivity contribution in [3.63, 3.8) is 0 Å². The molecule has 1 amide bonds. The van der Waals surface area contributed by atoms with Crippen molar-refractivity contribution >= 4 is 23.1 Å². The highest BCUT2D eigenvalue weighted by atomic mass is 16.2. The summed E-state index contributed by atoms with van der Waals surface area (Å²) in [6, 6.07) is 17.1. The van der Waals surface area contributed by atoms with Gasteiger partial charge in [0.25, 0.3) is 5.56 Å². The summed E-state index contributed by atoms with van der Waals surface area (Å²) in [6.45, 7) is 4.62. The summed E-state index contributed by atoms with van der Waals surface area (Å²) in [4.78, 5) is 42.1. The Bertz CT molecular complexity index is 1200. The van der Waals surface area contributed by atoms with E-state index in [9.17, 15) is 14.4 Å². The lowest BCUT2D eigenvalue weighted by molar-refractivity contribution is -0.115. The Balaban J connectivity index is 1.95. The van der Waals surface area contributed by atoms with E-state index < -0.39 is 11.2 Å². The molecule has 0 radical (unpaired) electrons. The molecule has 174 valence electrons. The molecule has 4 N–H and O–H groups in total. The summed E-state index contributed by atoms with van der Waals surface area (Å²) in [6.07, 6.45) is 2.46. The number of hydrogen-bond acceptors (Lipinski definition) is 5. The number of aromatic amines is 1. The third-order valence-corrected chi connectivity index (χ3v) is 5.44. The van der Waals surface area contributed by atoms with Gasteiger partial charge in [-0.1, -0.05) is 62.7 Å². The molecule has 0 aliphatic heterocycles. The zero-order valence-electron chi connectivity index (χ0n) is 19.1. The second-order valence-corrected chi connectivity index (χ2v) is 7.94. The van der Waals surface area contributed by atoms with Crippen LogP contribution in [0.1, 0.15) is 37.8 Å². The van der Waals surface area contributed by atoms with Crippen LogP contribution in [-0.2, 0) is 24.3 Å². The third kappa shape index (κ3) is 6.12. The van der Waals surface area contributed by atoms with E-state index in [-0.39, 0.29) is 30.5 Å². The maximum atomic E-state index is 13.0. The number of nitrogens with one attached hydrogen (secondary N) is 2. The van der Waals surface area contributed by atoms with Gasteiger partial charge in [-0.2, -0.15) is 0 Å². The van der Waals surface area contributed by atoms with Crippen LogP contribution in [0.2, 0.25) is 0 Å². The van der Waals surface area contributed by atoms with E-state index in [0.717, 1.165) is 30.4 Å². The summed E-state index contributed by atoms with van der Waals surface area (Å²) in [5, 5.41) is 2.90. The van der Waals surface area contributed by atoms with E-state index in [0.29, 0.717) is 12.2 Å². The van der Waals surface area contributed by atoms with Crippen LogP contribution in [0.5, 0.6) is 0 Å². The molecule has 1 aromatic heterocycles. The lowest BCUT2D eigenvalue weighted by atomic mass is 10.1. The van der Waals surface area contributed by atoms with E-state index in [4.69, 9.17) is 5.73 Å². The highest BCUT2D eigenvalue weighted by Crippen LogP contribution is 2.20. The lowest BCUT2D eigenvalue weighted by Gasteiger charge is -2.26. The van der Waals surface area contributed by atoms with Gasteiger partial charge in [0, 0.05) is 18.8 Å². The molecule has 1 heterocycles. The minimum atomic E-state index is -0.609. The van der Waals surface area contributed by atoms with Gasteiger partial charge in [0.1, 0.15) is 11.5 Å². The molecule has 0 spiro atoms. The second kappa shape index (κ2) is 11.2. The summed E-state index contributed by atoms with van der Waals surface area (Å²) >= 11 is 0. The van der Waals surface area contributed by atoms with Gasteiger partial charge in [0.15, 0.2) is 0 Å². The molecular formula is C25H31N5O3. The van der Waals surface area contributed by atoms with E-state index in [1.165, 1.54) is 4.57 Å². The predicted octanol–water partition coefficient (Wildman–Crippen LogP) is 3.13. The first kappa shape index (κ1) is 23.8. The molecule has 2 aromatic carbocycles. The average molecular weight is 450 g/mol. The molecule has 3 rings (SSSR count). The van der Waals surface area contributed by atoms with Crippen molar-refractivity contribution in [1.29, 1.82) is 0 Å². The van der Waals surface area contributed by atoms with Crippen LogP contribution >= 0.6 is 0 Å². The van der Waals surface area contributed by atoms with Crippen molar-refractivity contribution in [2.24, 2.45) is 0 Å². The summed E-state index contributed by atoms with van der Waals surface area (Å²) in [7, 11) is 0. The molecule has 3 aromatic rings. The van der Waals surface area contributed by atoms with Crippen LogP contribution in [0.15, 0.2) is 64.2 Å². The van der Waals surface area contributed by atoms with Gasteiger partial charge in [-0.3, -0.25) is 19.1 Å². The largest absolute Gasteiger partial charge is 0.383 e. The number of nitrogens with zero attached hydrogens (tertiary/aromatic N) is 2. The van der Waals surface area contributed by atoms with E-state index >= 15 is 0 Å². The number of nitrogen functional groups attached to an aromatic ring is 1. The van der Waals surface area contributed by atoms with Gasteiger partial charge in [-0.25, -0.2) is 4.79 Å². The number of nitrogens with two attached hydrogens (primary N) is 1. The number of carbonyl (C=O) groups excluding carboxylic acids is 1.